The first-order valence-corrected chi connectivity index (χ1v) is 9.95. The largest absolute Gasteiger partial charge is 0.383 e. The van der Waals surface area contributed by atoms with Gasteiger partial charge in [-0.25, -0.2) is 0 Å². The number of amides is 2. The molecule has 0 spiro atoms. The van der Waals surface area contributed by atoms with Crippen LogP contribution in [0.15, 0.2) is 10.8 Å². The van der Waals surface area contributed by atoms with Crippen molar-refractivity contribution >= 4 is 23.2 Å². The van der Waals surface area contributed by atoms with Crippen molar-refractivity contribution in [3.63, 3.8) is 0 Å². The highest BCUT2D eigenvalue weighted by Crippen LogP contribution is 2.27. The molecule has 2 aliphatic rings. The number of carbonyl (C=O) groups is 2. The fraction of sp³-hybridized carbons (Fsp3) is 0.611. The Morgan fingerprint density at radius 2 is 1.96 bits per heavy atom. The highest BCUT2D eigenvalue weighted by molar-refractivity contribution is 7.08. The molecule has 1 aromatic rings. The van der Waals surface area contributed by atoms with E-state index in [2.05, 4.69) is 10.6 Å². The van der Waals surface area contributed by atoms with Gasteiger partial charge in [0.1, 0.15) is 18.3 Å². The van der Waals surface area contributed by atoms with Crippen molar-refractivity contribution in [3.05, 3.63) is 21.9 Å². The molecule has 152 valence electrons. The zero-order valence-electron chi connectivity index (χ0n) is 15.8. The van der Waals surface area contributed by atoms with Gasteiger partial charge in [0.05, 0.1) is 49.6 Å². The summed E-state index contributed by atoms with van der Waals surface area (Å²) in [6.45, 7) is 2.11. The monoisotopic (exact) mass is 408 g/mol. The van der Waals surface area contributed by atoms with Crippen molar-refractivity contribution in [2.24, 2.45) is 0 Å². The summed E-state index contributed by atoms with van der Waals surface area (Å²) >= 11 is 1.31. The normalized spacial score (nSPS) is 26.1. The Balaban J connectivity index is 1.51. The van der Waals surface area contributed by atoms with E-state index in [9.17, 15) is 9.59 Å². The number of methoxy groups -OCH3 is 1. The summed E-state index contributed by atoms with van der Waals surface area (Å²) in [7, 11) is 3.47. The Bertz CT molecular complexity index is 749. The minimum Gasteiger partial charge on any atom is -0.383 e. The Morgan fingerprint density at radius 3 is 2.61 bits per heavy atom. The standard InChI is InChI=1S/C18H24N4O5S/c1-22(3-4-25-2)6-15(23)20-13-7-26-17-14(8-27-16(13)17)21-18(24)12-10-28-9-11(12)5-19/h9-10,13-14,16-17H,3-4,6-8H2,1-2H3,(H,20,23)(H,21,24)/t13-,14-,16+,17+/m0/s1. The maximum absolute atomic E-state index is 12.4. The first-order chi connectivity index (χ1) is 13.5. The molecule has 0 aliphatic carbocycles. The van der Waals surface area contributed by atoms with Crippen LogP contribution in [0.2, 0.25) is 0 Å². The lowest BCUT2D eigenvalue weighted by molar-refractivity contribution is -0.123. The van der Waals surface area contributed by atoms with Gasteiger partial charge in [0, 0.05) is 24.4 Å². The fourth-order valence-electron chi connectivity index (χ4n) is 3.38. The van der Waals surface area contributed by atoms with Gasteiger partial charge in [-0.3, -0.25) is 14.5 Å². The number of thiophene rings is 1. The smallest absolute Gasteiger partial charge is 0.253 e. The molecule has 10 heteroatoms. The highest BCUT2D eigenvalue weighted by atomic mass is 32.1. The summed E-state index contributed by atoms with van der Waals surface area (Å²) in [5.41, 5.74) is 0.714. The quantitative estimate of drug-likeness (QED) is 0.601. The van der Waals surface area contributed by atoms with Gasteiger partial charge in [-0.2, -0.15) is 16.6 Å². The number of nitrogens with zero attached hydrogens (tertiary/aromatic N) is 2. The SMILES string of the molecule is COCCN(C)CC(=O)N[C@H]1CO[C@H]2[C@@H]1OC[C@@H]2NC(=O)c1cscc1C#N. The third-order valence-corrected chi connectivity index (χ3v) is 5.58. The summed E-state index contributed by atoms with van der Waals surface area (Å²) in [4.78, 5) is 26.6. The number of likely N-dealkylation sites (N-methyl/N-ethyl adjacent to an activating group) is 1. The number of rotatable bonds is 8. The molecule has 9 nitrogen and oxygen atoms in total. The van der Waals surface area contributed by atoms with E-state index in [0.29, 0.717) is 37.5 Å². The van der Waals surface area contributed by atoms with Gasteiger partial charge in [0.25, 0.3) is 5.91 Å². The van der Waals surface area contributed by atoms with Crippen molar-refractivity contribution in [2.75, 3.05) is 47.1 Å². The molecule has 1 aromatic heterocycles. The lowest BCUT2D eigenvalue weighted by Gasteiger charge is -2.20. The van der Waals surface area contributed by atoms with E-state index in [1.807, 2.05) is 18.0 Å². The van der Waals surface area contributed by atoms with Crippen LogP contribution in [-0.2, 0) is 19.0 Å². The van der Waals surface area contributed by atoms with Gasteiger partial charge in [0.15, 0.2) is 0 Å². The Labute approximate surface area is 167 Å². The molecule has 2 amide bonds. The fourth-order valence-corrected chi connectivity index (χ4v) is 4.13. The van der Waals surface area contributed by atoms with E-state index < -0.39 is 0 Å². The second-order valence-corrected chi connectivity index (χ2v) is 7.63. The second-order valence-electron chi connectivity index (χ2n) is 6.89. The average molecular weight is 408 g/mol. The number of fused-ring (bicyclic) bond motifs is 1. The van der Waals surface area contributed by atoms with Crippen molar-refractivity contribution in [2.45, 2.75) is 24.3 Å². The molecule has 3 heterocycles. The van der Waals surface area contributed by atoms with Crippen LogP contribution in [0.25, 0.3) is 0 Å². The summed E-state index contributed by atoms with van der Waals surface area (Å²) in [5, 5.41) is 18.2. The zero-order valence-corrected chi connectivity index (χ0v) is 16.7. The number of hydrogen-bond acceptors (Lipinski definition) is 8. The molecule has 2 aliphatic heterocycles. The second kappa shape index (κ2) is 9.45. The van der Waals surface area contributed by atoms with Gasteiger partial charge in [-0.15, -0.1) is 0 Å². The van der Waals surface area contributed by atoms with Crippen LogP contribution in [0.3, 0.4) is 0 Å². The van der Waals surface area contributed by atoms with Gasteiger partial charge >= 0.3 is 0 Å². The van der Waals surface area contributed by atoms with Crippen LogP contribution >= 0.6 is 11.3 Å². The predicted octanol–water partition coefficient (Wildman–Crippen LogP) is -0.421. The van der Waals surface area contributed by atoms with E-state index in [4.69, 9.17) is 19.5 Å². The van der Waals surface area contributed by atoms with Gasteiger partial charge < -0.3 is 24.8 Å². The summed E-state index contributed by atoms with van der Waals surface area (Å²) in [6.07, 6.45) is -0.638. The molecule has 4 atom stereocenters. The van der Waals surface area contributed by atoms with Gasteiger partial charge in [-0.1, -0.05) is 0 Å². The molecule has 2 saturated heterocycles. The number of carbonyl (C=O) groups excluding carboxylic acids is 2. The number of ether oxygens (including phenoxy) is 3. The van der Waals surface area contributed by atoms with E-state index in [0.717, 1.165) is 0 Å². The molecule has 2 fully saturated rings. The first kappa shape index (κ1) is 20.7. The first-order valence-electron chi connectivity index (χ1n) is 9.00. The van der Waals surface area contributed by atoms with E-state index in [-0.39, 0.29) is 42.7 Å². The van der Waals surface area contributed by atoms with Crippen molar-refractivity contribution in [1.82, 2.24) is 15.5 Å². The average Bonchev–Trinajstić information content (AvgIpc) is 3.38. The number of hydrogen-bond donors (Lipinski definition) is 2. The van der Waals surface area contributed by atoms with E-state index in [1.54, 1.807) is 17.9 Å². The molecular weight excluding hydrogens is 384 g/mol. The maximum Gasteiger partial charge on any atom is 0.253 e. The van der Waals surface area contributed by atoms with Gasteiger partial charge in [-0.05, 0) is 7.05 Å². The lowest BCUT2D eigenvalue weighted by Crippen LogP contribution is -2.48. The molecule has 0 unspecified atom stereocenters. The van der Waals surface area contributed by atoms with E-state index in [1.165, 1.54) is 11.3 Å². The third kappa shape index (κ3) is 4.68. The Kier molecular flexibility index (Phi) is 6.98. The van der Waals surface area contributed by atoms with Crippen LogP contribution in [0, 0.1) is 11.3 Å². The molecule has 3 rings (SSSR count). The van der Waals surface area contributed by atoms with Crippen molar-refractivity contribution < 1.29 is 23.8 Å². The lowest BCUT2D eigenvalue weighted by atomic mass is 10.1. The van der Waals surface area contributed by atoms with Crippen molar-refractivity contribution in [3.8, 4) is 6.07 Å². The van der Waals surface area contributed by atoms with Crippen LogP contribution < -0.4 is 10.6 Å². The third-order valence-electron chi connectivity index (χ3n) is 4.83. The van der Waals surface area contributed by atoms with Gasteiger partial charge in [0.2, 0.25) is 5.91 Å². The zero-order chi connectivity index (χ0) is 20.1. The molecule has 0 aromatic carbocycles. The Hall–Kier alpha value is -2.03. The summed E-state index contributed by atoms with van der Waals surface area (Å²) < 4.78 is 16.6. The summed E-state index contributed by atoms with van der Waals surface area (Å²) in [5.74, 6) is -0.427. The van der Waals surface area contributed by atoms with Crippen molar-refractivity contribution in [1.29, 1.82) is 5.26 Å². The predicted molar refractivity (Wildman–Crippen MR) is 101 cm³/mol. The summed E-state index contributed by atoms with van der Waals surface area (Å²) in [6, 6.07) is 1.43. The molecule has 28 heavy (non-hydrogen) atoms. The molecule has 0 radical (unpaired) electrons. The van der Waals surface area contributed by atoms with Crippen LogP contribution in [0.5, 0.6) is 0 Å². The molecule has 0 bridgehead atoms. The minimum absolute atomic E-state index is 0.110. The van der Waals surface area contributed by atoms with Crippen LogP contribution in [0.4, 0.5) is 0 Å². The molecule has 2 N–H and O–H groups in total. The topological polar surface area (TPSA) is 113 Å². The van der Waals surface area contributed by atoms with Crippen LogP contribution in [0.1, 0.15) is 15.9 Å². The number of nitriles is 1. The number of nitrogens with one attached hydrogen (secondary N) is 2. The van der Waals surface area contributed by atoms with E-state index >= 15 is 0 Å². The van der Waals surface area contributed by atoms with Crippen LogP contribution in [-0.4, -0.2) is 88.1 Å². The Morgan fingerprint density at radius 1 is 1.29 bits per heavy atom. The maximum atomic E-state index is 12.4. The molecular formula is C18H24N4O5S. The molecule has 0 saturated carbocycles. The highest BCUT2D eigenvalue weighted by Gasteiger charge is 2.48. The minimum atomic E-state index is -0.329.